The number of hydrogen-bond donors (Lipinski definition) is 1. The zero-order valence-corrected chi connectivity index (χ0v) is 14.6. The molecule has 2 rings (SSSR count). The molecule has 2 aromatic rings. The van der Waals surface area contributed by atoms with Gasteiger partial charge < -0.3 is 9.92 Å². The van der Waals surface area contributed by atoms with E-state index in [0.29, 0.717) is 11.4 Å². The van der Waals surface area contributed by atoms with Gasteiger partial charge in [-0.15, -0.1) is 0 Å². The molecule has 20 heavy (non-hydrogen) atoms. The zero-order chi connectivity index (χ0) is 15.1. The van der Waals surface area contributed by atoms with Gasteiger partial charge in [-0.25, -0.2) is 0 Å². The summed E-state index contributed by atoms with van der Waals surface area (Å²) < 4.78 is 6.65. The van der Waals surface area contributed by atoms with Crippen LogP contribution in [0.3, 0.4) is 0 Å². The van der Waals surface area contributed by atoms with Crippen molar-refractivity contribution in [3.63, 3.8) is 0 Å². The summed E-state index contributed by atoms with van der Waals surface area (Å²) in [5.41, 5.74) is 8.90. The maximum absolute atomic E-state index is 5.98. The van der Waals surface area contributed by atoms with Gasteiger partial charge >= 0.3 is 0 Å². The monoisotopic (exact) mass is 353 g/mol. The fraction of sp³-hybridized carbons (Fsp3) is 0.250. The lowest BCUT2D eigenvalue weighted by Crippen LogP contribution is -1.94. The average molecular weight is 354 g/mol. The van der Waals surface area contributed by atoms with E-state index in [1.807, 2.05) is 45.0 Å². The van der Waals surface area contributed by atoms with Gasteiger partial charge in [-0.1, -0.05) is 47.5 Å². The van der Waals surface area contributed by atoms with Crippen LogP contribution in [0.2, 0.25) is 0 Å². The largest absolute Gasteiger partial charge is 0.418 e. The molecule has 0 aliphatic carbocycles. The molecule has 0 radical (unpaired) electrons. The van der Waals surface area contributed by atoms with Crippen molar-refractivity contribution in [2.24, 2.45) is 0 Å². The average Bonchev–Trinajstić information content (AvgIpc) is 2.45. The van der Waals surface area contributed by atoms with Gasteiger partial charge in [0.05, 0.1) is 17.7 Å². The Balaban J connectivity index is 0.000000956. The summed E-state index contributed by atoms with van der Waals surface area (Å²) in [6, 6.07) is 12.0. The van der Waals surface area contributed by atoms with Gasteiger partial charge in [0.1, 0.15) is 0 Å². The van der Waals surface area contributed by atoms with E-state index < -0.39 is 0 Å². The van der Waals surface area contributed by atoms with Crippen LogP contribution in [0.1, 0.15) is 25.0 Å². The molecule has 0 unspecified atom stereocenters. The summed E-state index contributed by atoms with van der Waals surface area (Å²) in [7, 11) is 0. The predicted molar refractivity (Wildman–Crippen MR) is 92.3 cm³/mol. The van der Waals surface area contributed by atoms with E-state index in [4.69, 9.17) is 9.92 Å². The Kier molecular flexibility index (Phi) is 6.96. The van der Waals surface area contributed by atoms with Crippen LogP contribution in [0.4, 0.5) is 5.69 Å². The summed E-state index contributed by atoms with van der Waals surface area (Å²) in [5.74, 6) is 0.687. The molecule has 4 heteroatoms. The topological polar surface area (TPSA) is 35.2 Å². The molecule has 0 aliphatic rings. The van der Waals surface area contributed by atoms with E-state index in [9.17, 15) is 0 Å². The molecule has 0 saturated heterocycles. The summed E-state index contributed by atoms with van der Waals surface area (Å²) in [4.78, 5) is 1.05. The van der Waals surface area contributed by atoms with Gasteiger partial charge in [0.25, 0.3) is 0 Å². The van der Waals surface area contributed by atoms with Crippen LogP contribution in [0.5, 0.6) is 5.75 Å². The maximum atomic E-state index is 5.98. The van der Waals surface area contributed by atoms with E-state index in [1.165, 1.54) is 17.6 Å². The Morgan fingerprint density at radius 3 is 2.25 bits per heavy atom. The molecule has 0 heterocycles. The molecule has 0 amide bonds. The van der Waals surface area contributed by atoms with Crippen molar-refractivity contribution in [2.45, 2.75) is 32.6 Å². The lowest BCUT2D eigenvalue weighted by atomic mass is 10.2. The van der Waals surface area contributed by atoms with E-state index >= 15 is 0 Å². The lowest BCUT2D eigenvalue weighted by molar-refractivity contribution is 0.648. The first-order chi connectivity index (χ1) is 9.56. The van der Waals surface area contributed by atoms with Gasteiger partial charge in [0.15, 0.2) is 5.75 Å². The van der Waals surface area contributed by atoms with Crippen molar-refractivity contribution >= 4 is 33.7 Å². The van der Waals surface area contributed by atoms with Crippen LogP contribution in [-0.2, 0) is 0 Å². The second-order valence-electron chi connectivity index (χ2n) is 4.11. The lowest BCUT2D eigenvalue weighted by Gasteiger charge is -2.10. The van der Waals surface area contributed by atoms with E-state index in [-0.39, 0.29) is 0 Å². The SMILES string of the molecule is CC.Cc1ccc(SOc2cc(Br)cc(C)c2N)cc1. The first-order valence-corrected chi connectivity index (χ1v) is 8.06. The number of rotatable bonds is 3. The molecule has 2 N–H and O–H groups in total. The Labute approximate surface area is 134 Å². The molecular weight excluding hydrogens is 334 g/mol. The van der Waals surface area contributed by atoms with Gasteiger partial charge in [0.2, 0.25) is 0 Å². The number of hydrogen-bond acceptors (Lipinski definition) is 3. The number of benzene rings is 2. The van der Waals surface area contributed by atoms with Crippen LogP contribution in [0.15, 0.2) is 45.8 Å². The van der Waals surface area contributed by atoms with Crippen molar-refractivity contribution in [1.29, 1.82) is 0 Å². The van der Waals surface area contributed by atoms with Crippen molar-refractivity contribution in [3.05, 3.63) is 52.0 Å². The van der Waals surface area contributed by atoms with Gasteiger partial charge in [-0.05, 0) is 43.7 Å². The van der Waals surface area contributed by atoms with E-state index in [1.54, 1.807) is 0 Å². The molecule has 0 aromatic heterocycles. The standard InChI is InChI=1S/C14H14BrNOS.C2H6/c1-9-3-5-12(6-4-9)18-17-13-8-11(15)7-10(2)14(13)16;1-2/h3-8H,16H2,1-2H3;1-2H3. The minimum absolute atomic E-state index is 0.679. The fourth-order valence-corrected chi connectivity index (χ4v) is 2.60. The number of nitrogens with two attached hydrogens (primary N) is 1. The van der Waals surface area contributed by atoms with Crippen molar-refractivity contribution in [1.82, 2.24) is 0 Å². The molecule has 2 aromatic carbocycles. The quantitative estimate of drug-likeness (QED) is 0.562. The second-order valence-corrected chi connectivity index (χ2v) is 5.83. The summed E-state index contributed by atoms with van der Waals surface area (Å²) in [5, 5.41) is 0. The van der Waals surface area contributed by atoms with Crippen molar-refractivity contribution in [2.75, 3.05) is 5.73 Å². The molecule has 0 bridgehead atoms. The Morgan fingerprint density at radius 1 is 1.05 bits per heavy atom. The summed E-state index contributed by atoms with van der Waals surface area (Å²) >= 11 is 4.75. The Morgan fingerprint density at radius 2 is 1.65 bits per heavy atom. The third kappa shape index (κ3) is 4.76. The molecule has 2 nitrogen and oxygen atoms in total. The van der Waals surface area contributed by atoms with Gasteiger partial charge in [0, 0.05) is 9.37 Å². The summed E-state index contributed by atoms with van der Waals surface area (Å²) in [6.45, 7) is 8.02. The van der Waals surface area contributed by atoms with Crippen LogP contribution in [-0.4, -0.2) is 0 Å². The van der Waals surface area contributed by atoms with Crippen molar-refractivity contribution in [3.8, 4) is 5.75 Å². The highest BCUT2D eigenvalue weighted by atomic mass is 79.9. The molecule has 0 fully saturated rings. The third-order valence-electron chi connectivity index (χ3n) is 2.56. The normalized spacial score (nSPS) is 9.65. The Bertz CT molecular complexity index is 555. The highest BCUT2D eigenvalue weighted by Crippen LogP contribution is 2.33. The smallest absolute Gasteiger partial charge is 0.162 e. The summed E-state index contributed by atoms with van der Waals surface area (Å²) in [6.07, 6.45) is 0. The Hall–Kier alpha value is -1.13. The minimum atomic E-state index is 0.679. The van der Waals surface area contributed by atoms with Crippen LogP contribution in [0.25, 0.3) is 0 Å². The first-order valence-electron chi connectivity index (χ1n) is 6.53. The highest BCUT2D eigenvalue weighted by Gasteiger charge is 2.06. The molecule has 0 aliphatic heterocycles. The first kappa shape index (κ1) is 16.9. The highest BCUT2D eigenvalue weighted by molar-refractivity contribution is 9.10. The van der Waals surface area contributed by atoms with Crippen LogP contribution in [0, 0.1) is 13.8 Å². The molecule has 0 saturated carbocycles. The van der Waals surface area contributed by atoms with Gasteiger partial charge in [-0.2, -0.15) is 0 Å². The number of anilines is 1. The van der Waals surface area contributed by atoms with E-state index in [2.05, 4.69) is 35.0 Å². The van der Waals surface area contributed by atoms with Gasteiger partial charge in [-0.3, -0.25) is 0 Å². The molecular formula is C16H20BrNOS. The third-order valence-corrected chi connectivity index (χ3v) is 3.75. The number of nitrogen functional groups attached to an aromatic ring is 1. The number of halogens is 1. The fourth-order valence-electron chi connectivity index (χ4n) is 1.48. The molecule has 108 valence electrons. The van der Waals surface area contributed by atoms with Crippen LogP contribution < -0.4 is 9.92 Å². The second kappa shape index (κ2) is 8.22. The van der Waals surface area contributed by atoms with Crippen molar-refractivity contribution < 1.29 is 4.18 Å². The van der Waals surface area contributed by atoms with Crippen LogP contribution >= 0.6 is 28.0 Å². The molecule has 0 spiro atoms. The maximum Gasteiger partial charge on any atom is 0.162 e. The predicted octanol–water partition coefficient (Wildman–Crippen LogP) is 5.76. The van der Waals surface area contributed by atoms with E-state index in [0.717, 1.165) is 14.9 Å². The number of aryl methyl sites for hydroxylation is 2. The molecule has 0 atom stereocenters. The minimum Gasteiger partial charge on any atom is -0.418 e. The zero-order valence-electron chi connectivity index (χ0n) is 12.2.